The molecule has 0 radical (unpaired) electrons. The van der Waals surface area contributed by atoms with Crippen LogP contribution in [-0.4, -0.2) is 33.8 Å². The van der Waals surface area contributed by atoms with E-state index in [1.165, 1.54) is 70.9 Å². The first-order valence-electron chi connectivity index (χ1n) is 14.9. The number of benzene rings is 4. The van der Waals surface area contributed by atoms with Crippen molar-refractivity contribution in [3.63, 3.8) is 0 Å². The Hall–Kier alpha value is -2.77. The minimum atomic E-state index is -6.00. The van der Waals surface area contributed by atoms with Gasteiger partial charge in [0.1, 0.15) is 11.5 Å². The fourth-order valence-corrected chi connectivity index (χ4v) is 7.51. The molecule has 2 unspecified atom stereocenters. The minimum absolute atomic E-state index is 0. The van der Waals surface area contributed by atoms with Crippen LogP contribution in [0.1, 0.15) is 25.7 Å². The fraction of sp³-hybridized carbons (Fsp3) is 0.222. The first-order valence-corrected chi connectivity index (χ1v) is 17.3. The second kappa shape index (κ2) is 21.9. The van der Waals surface area contributed by atoms with Gasteiger partial charge < -0.3 is 26.7 Å². The largest absolute Gasteiger partial charge is 1.00 e. The fourth-order valence-electron chi connectivity index (χ4n) is 4.73. The Labute approximate surface area is 287 Å². The third-order valence-electron chi connectivity index (χ3n) is 6.74. The van der Waals surface area contributed by atoms with Gasteiger partial charge in [0.05, 0.1) is 14.2 Å². The number of halogens is 4. The van der Waals surface area contributed by atoms with Crippen LogP contribution in [0.15, 0.2) is 121 Å². The van der Waals surface area contributed by atoms with Crippen molar-refractivity contribution in [2.24, 2.45) is 0 Å². The molecule has 5 rings (SSSR count). The Morgan fingerprint density at radius 2 is 0.783 bits per heavy atom. The van der Waals surface area contributed by atoms with Crippen molar-refractivity contribution in [1.29, 1.82) is 0 Å². The van der Waals surface area contributed by atoms with Crippen LogP contribution in [-0.2, 0) is 19.5 Å². The van der Waals surface area contributed by atoms with Gasteiger partial charge in [0, 0.05) is 11.1 Å². The van der Waals surface area contributed by atoms with Gasteiger partial charge in [-0.1, -0.05) is 126 Å². The molecule has 246 valence electrons. The number of hydrogen-bond acceptors (Lipinski definition) is 2. The van der Waals surface area contributed by atoms with E-state index in [0.717, 1.165) is 28.7 Å². The minimum Gasteiger partial charge on any atom is -0.496 e. The van der Waals surface area contributed by atoms with Gasteiger partial charge in [-0.05, 0) is 71.9 Å². The van der Waals surface area contributed by atoms with Crippen molar-refractivity contribution in [2.45, 2.75) is 25.7 Å². The molecule has 0 aliphatic heterocycles. The third-order valence-corrected chi connectivity index (χ3v) is 9.87. The predicted molar refractivity (Wildman–Crippen MR) is 189 cm³/mol. The second-order valence-corrected chi connectivity index (χ2v) is 12.7. The Morgan fingerprint density at radius 1 is 0.500 bits per heavy atom. The van der Waals surface area contributed by atoms with Gasteiger partial charge in [0.15, 0.2) is 0 Å². The van der Waals surface area contributed by atoms with Crippen LogP contribution in [0.3, 0.4) is 0 Å². The number of ether oxygens (including phenoxy) is 2. The summed E-state index contributed by atoms with van der Waals surface area (Å²) in [6.07, 6.45) is 16.3. The zero-order chi connectivity index (χ0) is 32.3. The molecule has 0 N–H and O–H groups in total. The summed E-state index contributed by atoms with van der Waals surface area (Å²) in [4.78, 5) is 0. The number of methoxy groups -OCH3 is 2. The molecular weight excluding hydrogens is 716 g/mol. The van der Waals surface area contributed by atoms with Gasteiger partial charge >= 0.3 is 26.7 Å². The van der Waals surface area contributed by atoms with E-state index in [9.17, 15) is 17.3 Å². The van der Waals surface area contributed by atoms with Crippen molar-refractivity contribution in [3.8, 4) is 33.8 Å². The molecule has 0 heterocycles. The molecule has 0 spiro atoms. The van der Waals surface area contributed by atoms with E-state index in [0.29, 0.717) is 0 Å². The molecule has 0 fully saturated rings. The number of para-hydroxylation sites is 2. The molecule has 1 aliphatic carbocycles. The van der Waals surface area contributed by atoms with Crippen molar-refractivity contribution in [1.82, 2.24) is 0 Å². The van der Waals surface area contributed by atoms with Gasteiger partial charge in [-0.2, -0.15) is 0 Å². The molecule has 0 saturated carbocycles. The zero-order valence-electron chi connectivity index (χ0n) is 26.0. The SMILES string of the molecule is C1=C\CC/C=C\CC/1.COc1ccccc1-c1ccccc1PCCPc1ccccc1-c1ccccc1OC.F[B-](F)(F)F.[Rh+]. The Bertz CT molecular complexity index is 1390. The summed E-state index contributed by atoms with van der Waals surface area (Å²) in [7, 11) is -0.988. The molecule has 4 aromatic carbocycles. The average molecular weight is 756 g/mol. The Morgan fingerprint density at radius 3 is 1.11 bits per heavy atom. The first-order chi connectivity index (χ1) is 21.8. The van der Waals surface area contributed by atoms with E-state index in [1.54, 1.807) is 14.2 Å². The van der Waals surface area contributed by atoms with Crippen molar-refractivity contribution in [3.05, 3.63) is 121 Å². The third kappa shape index (κ3) is 14.3. The van der Waals surface area contributed by atoms with Gasteiger partial charge in [-0.3, -0.25) is 0 Å². The number of hydrogen-bond donors (Lipinski definition) is 0. The van der Waals surface area contributed by atoms with Gasteiger partial charge in [0.2, 0.25) is 0 Å². The molecule has 0 bridgehead atoms. The summed E-state index contributed by atoms with van der Waals surface area (Å²) in [5.74, 6) is 1.86. The molecule has 1 aliphatic rings. The van der Waals surface area contributed by atoms with Gasteiger partial charge in [-0.15, -0.1) is 0 Å². The molecule has 46 heavy (non-hydrogen) atoms. The van der Waals surface area contributed by atoms with E-state index in [4.69, 9.17) is 9.47 Å². The molecule has 0 amide bonds. The molecule has 10 heteroatoms. The van der Waals surface area contributed by atoms with Crippen LogP contribution in [0, 0.1) is 0 Å². The summed E-state index contributed by atoms with van der Waals surface area (Å²) < 4.78 is 50.2. The van der Waals surface area contributed by atoms with Crippen LogP contribution >= 0.6 is 17.2 Å². The van der Waals surface area contributed by atoms with Crippen LogP contribution in [0.25, 0.3) is 22.3 Å². The second-order valence-electron chi connectivity index (χ2n) is 9.94. The van der Waals surface area contributed by atoms with E-state index < -0.39 is 7.25 Å². The molecule has 0 aromatic heterocycles. The predicted octanol–water partition coefficient (Wildman–Crippen LogP) is 10.3. The topological polar surface area (TPSA) is 18.5 Å². The molecular formula is C36H40BF4O2P2Rh. The summed E-state index contributed by atoms with van der Waals surface area (Å²) in [5, 5.41) is 2.81. The van der Waals surface area contributed by atoms with E-state index in [-0.39, 0.29) is 19.5 Å². The van der Waals surface area contributed by atoms with Crippen LogP contribution in [0.5, 0.6) is 11.5 Å². The molecule has 0 saturated heterocycles. The number of rotatable bonds is 9. The monoisotopic (exact) mass is 756 g/mol. The summed E-state index contributed by atoms with van der Waals surface area (Å²) in [5.41, 5.74) is 4.89. The van der Waals surface area contributed by atoms with Crippen molar-refractivity contribution in [2.75, 3.05) is 26.5 Å². The Kier molecular flexibility index (Phi) is 18.8. The smallest absolute Gasteiger partial charge is 0.496 e. The maximum absolute atomic E-state index is 9.75. The van der Waals surface area contributed by atoms with Crippen LogP contribution < -0.4 is 20.1 Å². The maximum Gasteiger partial charge on any atom is 1.00 e. The van der Waals surface area contributed by atoms with E-state index in [1.807, 2.05) is 24.3 Å². The quantitative estimate of drug-likeness (QED) is 0.0557. The van der Waals surface area contributed by atoms with Crippen molar-refractivity contribution >= 4 is 35.0 Å². The van der Waals surface area contributed by atoms with E-state index in [2.05, 4.69) is 97.1 Å². The zero-order valence-corrected chi connectivity index (χ0v) is 29.7. The van der Waals surface area contributed by atoms with Crippen LogP contribution in [0.2, 0.25) is 0 Å². The molecule has 2 nitrogen and oxygen atoms in total. The Balaban J connectivity index is 0.000000440. The van der Waals surface area contributed by atoms with Crippen LogP contribution in [0.4, 0.5) is 17.3 Å². The van der Waals surface area contributed by atoms with Crippen molar-refractivity contribution < 1.29 is 46.2 Å². The number of allylic oxidation sites excluding steroid dienone is 4. The molecule has 2 atom stereocenters. The normalized spacial score (nSPS) is 14.1. The maximum atomic E-state index is 9.75. The van der Waals surface area contributed by atoms with E-state index >= 15 is 0 Å². The summed E-state index contributed by atoms with van der Waals surface area (Å²) in [6.45, 7) is 0. The summed E-state index contributed by atoms with van der Waals surface area (Å²) >= 11 is 0. The summed E-state index contributed by atoms with van der Waals surface area (Å²) in [6, 6.07) is 34.0. The first kappa shape index (κ1) is 39.4. The molecule has 4 aromatic rings. The standard InChI is InChI=1S/C28H28O2P2.C8H12.BF4.Rh/c1-29-25-15-7-3-11-21(25)23-13-5-9-17-27(23)31-19-20-32-28-18-10-6-14-24(28)22-12-4-8-16-26(22)30-2;1-2-4-6-8-7-5-3-1;2-1(3,4)5;/h3-18,31-32H,19-20H2,1-2H3;1-2,7-8H,3-6H2;;/q;;-1;+1/b;2-1-,8-7-;;. The van der Waals surface area contributed by atoms with Gasteiger partial charge in [-0.25, -0.2) is 0 Å². The van der Waals surface area contributed by atoms with Gasteiger partial charge in [0.25, 0.3) is 0 Å². The average Bonchev–Trinajstić information content (AvgIpc) is 3.03.